The number of carbonyl (C=O) groups excluding carboxylic acids is 3. The summed E-state index contributed by atoms with van der Waals surface area (Å²) < 4.78 is 10.6. The third-order valence-electron chi connectivity index (χ3n) is 6.51. The molecular formula is C23H22N2O5. The number of hydrogen-bond donors (Lipinski definition) is 2. The fourth-order valence-corrected chi connectivity index (χ4v) is 5.23. The first-order valence-electron chi connectivity index (χ1n) is 10.1. The molecule has 7 heteroatoms. The van der Waals surface area contributed by atoms with Crippen LogP contribution in [0.25, 0.3) is 0 Å². The van der Waals surface area contributed by atoms with E-state index in [1.807, 2.05) is 0 Å². The zero-order valence-electron chi connectivity index (χ0n) is 16.5. The van der Waals surface area contributed by atoms with Gasteiger partial charge in [0.1, 0.15) is 11.9 Å². The Morgan fingerprint density at radius 2 is 1.80 bits per heavy atom. The van der Waals surface area contributed by atoms with E-state index in [-0.39, 0.29) is 47.6 Å². The van der Waals surface area contributed by atoms with Crippen LogP contribution in [0, 0.1) is 23.7 Å². The lowest BCUT2D eigenvalue weighted by Gasteiger charge is -2.23. The molecule has 2 amide bonds. The Hall–Kier alpha value is -3.35. The molecule has 3 fully saturated rings. The van der Waals surface area contributed by atoms with Crippen LogP contribution >= 0.6 is 0 Å². The standard InChI is InChI=1S/C23H22N2O5/c1-29-16-7-3-6-15(11-16)24-21(26)12-4-2-5-14(8-12)25-22(27)19-13-9-17-18(10-13)30-23(28)20(17)19/h2-8,11,13,17-20H,9-10H2,1H3,(H,24,26)(H,25,27)/t13-,17+,18+,19-,20+/m1/s1. The van der Waals surface area contributed by atoms with Gasteiger partial charge in [-0.1, -0.05) is 12.1 Å². The first-order valence-corrected chi connectivity index (χ1v) is 10.1. The number of methoxy groups -OCH3 is 1. The number of carbonyl (C=O) groups is 3. The Kier molecular flexibility index (Phi) is 4.46. The summed E-state index contributed by atoms with van der Waals surface area (Å²) >= 11 is 0. The minimum Gasteiger partial charge on any atom is -0.497 e. The van der Waals surface area contributed by atoms with Crippen LogP contribution in [0.5, 0.6) is 5.75 Å². The van der Waals surface area contributed by atoms with Crippen LogP contribution < -0.4 is 15.4 Å². The normalized spacial score (nSPS) is 28.2. The molecule has 154 valence electrons. The van der Waals surface area contributed by atoms with E-state index in [9.17, 15) is 14.4 Å². The molecule has 2 N–H and O–H groups in total. The second kappa shape index (κ2) is 7.16. The number of nitrogens with one attached hydrogen (secondary N) is 2. The van der Waals surface area contributed by atoms with E-state index in [4.69, 9.17) is 9.47 Å². The Bertz CT molecular complexity index is 1030. The number of hydrogen-bond acceptors (Lipinski definition) is 5. The van der Waals surface area contributed by atoms with Crippen molar-refractivity contribution in [3.63, 3.8) is 0 Å². The van der Waals surface area contributed by atoms with Crippen LogP contribution in [0.2, 0.25) is 0 Å². The van der Waals surface area contributed by atoms with Gasteiger partial charge in [-0.25, -0.2) is 0 Å². The van der Waals surface area contributed by atoms with Gasteiger partial charge in [0, 0.05) is 28.9 Å². The highest BCUT2D eigenvalue weighted by Crippen LogP contribution is 2.57. The molecule has 2 aromatic carbocycles. The van der Waals surface area contributed by atoms with Crippen molar-refractivity contribution < 1.29 is 23.9 Å². The molecular weight excluding hydrogens is 384 g/mol. The Balaban J connectivity index is 1.29. The predicted octanol–water partition coefficient (Wildman–Crippen LogP) is 3.08. The number of amides is 2. The van der Waals surface area contributed by atoms with Gasteiger partial charge in [0.15, 0.2) is 0 Å². The van der Waals surface area contributed by atoms with Gasteiger partial charge in [-0.2, -0.15) is 0 Å². The highest BCUT2D eigenvalue weighted by molar-refractivity contribution is 6.05. The fraction of sp³-hybridized carbons (Fsp3) is 0.348. The molecule has 2 aromatic rings. The molecule has 30 heavy (non-hydrogen) atoms. The number of rotatable bonds is 5. The van der Waals surface area contributed by atoms with Crippen molar-refractivity contribution >= 4 is 29.2 Å². The number of fused-ring (bicyclic) bond motifs is 1. The maximum atomic E-state index is 12.9. The lowest BCUT2D eigenvalue weighted by molar-refractivity contribution is -0.145. The molecule has 2 aliphatic carbocycles. The Labute approximate surface area is 173 Å². The highest BCUT2D eigenvalue weighted by Gasteiger charge is 2.63. The quantitative estimate of drug-likeness (QED) is 0.745. The summed E-state index contributed by atoms with van der Waals surface area (Å²) in [5.74, 6) is -0.362. The van der Waals surface area contributed by atoms with Crippen LogP contribution in [-0.2, 0) is 14.3 Å². The van der Waals surface area contributed by atoms with Gasteiger partial charge in [-0.05, 0) is 49.1 Å². The van der Waals surface area contributed by atoms with Crippen LogP contribution in [0.1, 0.15) is 23.2 Å². The number of anilines is 2. The molecule has 0 unspecified atom stereocenters. The molecule has 3 aliphatic rings. The largest absolute Gasteiger partial charge is 0.497 e. The molecule has 5 rings (SSSR count). The third kappa shape index (κ3) is 3.10. The summed E-state index contributed by atoms with van der Waals surface area (Å²) in [6.45, 7) is 0. The topological polar surface area (TPSA) is 93.7 Å². The average Bonchev–Trinajstić information content (AvgIpc) is 3.37. The van der Waals surface area contributed by atoms with E-state index in [1.165, 1.54) is 0 Å². The molecule has 0 radical (unpaired) electrons. The lowest BCUT2D eigenvalue weighted by atomic mass is 9.79. The van der Waals surface area contributed by atoms with Crippen LogP contribution in [0.3, 0.4) is 0 Å². The summed E-state index contributed by atoms with van der Waals surface area (Å²) in [4.78, 5) is 37.7. The van der Waals surface area contributed by atoms with Gasteiger partial charge in [0.25, 0.3) is 5.91 Å². The molecule has 5 atom stereocenters. The van der Waals surface area contributed by atoms with E-state index in [1.54, 1.807) is 55.6 Å². The Morgan fingerprint density at radius 1 is 1.03 bits per heavy atom. The van der Waals surface area contributed by atoms with Crippen molar-refractivity contribution in [3.05, 3.63) is 54.1 Å². The van der Waals surface area contributed by atoms with Gasteiger partial charge in [-0.15, -0.1) is 0 Å². The summed E-state index contributed by atoms with van der Waals surface area (Å²) in [5.41, 5.74) is 1.57. The summed E-state index contributed by atoms with van der Waals surface area (Å²) in [6.07, 6.45) is 1.65. The molecule has 1 heterocycles. The van der Waals surface area contributed by atoms with E-state index < -0.39 is 0 Å². The van der Waals surface area contributed by atoms with Crippen molar-refractivity contribution in [1.82, 2.24) is 0 Å². The minimum atomic E-state index is -0.351. The minimum absolute atomic E-state index is 0.000171. The zero-order chi connectivity index (χ0) is 20.8. The van der Waals surface area contributed by atoms with Gasteiger partial charge in [0.2, 0.25) is 5.91 Å². The van der Waals surface area contributed by atoms with Crippen molar-refractivity contribution in [2.45, 2.75) is 18.9 Å². The van der Waals surface area contributed by atoms with E-state index in [0.717, 1.165) is 12.8 Å². The monoisotopic (exact) mass is 406 g/mol. The van der Waals surface area contributed by atoms with Crippen LogP contribution in [-0.4, -0.2) is 31.0 Å². The van der Waals surface area contributed by atoms with Crippen molar-refractivity contribution in [2.24, 2.45) is 23.7 Å². The maximum Gasteiger partial charge on any atom is 0.310 e. The molecule has 2 bridgehead atoms. The summed E-state index contributed by atoms with van der Waals surface area (Å²) in [5, 5.41) is 5.73. The highest BCUT2D eigenvalue weighted by atomic mass is 16.6. The lowest BCUT2D eigenvalue weighted by Crippen LogP contribution is -2.35. The molecule has 2 saturated carbocycles. The van der Waals surface area contributed by atoms with Crippen LogP contribution in [0.4, 0.5) is 11.4 Å². The van der Waals surface area contributed by atoms with Gasteiger partial charge < -0.3 is 20.1 Å². The summed E-state index contributed by atoms with van der Waals surface area (Å²) in [7, 11) is 1.56. The second-order valence-electron chi connectivity index (χ2n) is 8.18. The predicted molar refractivity (Wildman–Crippen MR) is 109 cm³/mol. The van der Waals surface area contributed by atoms with Crippen molar-refractivity contribution in [3.8, 4) is 5.75 Å². The number of benzene rings is 2. The summed E-state index contributed by atoms with van der Waals surface area (Å²) in [6, 6.07) is 13.9. The number of esters is 1. The SMILES string of the molecule is COc1cccc(NC(=O)c2cccc(NC(=O)[C@@H]3[C@@H]4C[C@@H]5[C@@H]3C(=O)O[C@H]5C4)c2)c1. The molecule has 1 saturated heterocycles. The van der Waals surface area contributed by atoms with Crippen LogP contribution in [0.15, 0.2) is 48.5 Å². The van der Waals surface area contributed by atoms with Crippen molar-refractivity contribution in [2.75, 3.05) is 17.7 Å². The van der Waals surface area contributed by atoms with Gasteiger partial charge >= 0.3 is 5.97 Å². The Morgan fingerprint density at radius 3 is 2.60 bits per heavy atom. The zero-order valence-corrected chi connectivity index (χ0v) is 16.5. The van der Waals surface area contributed by atoms with E-state index in [2.05, 4.69) is 10.6 Å². The fourth-order valence-electron chi connectivity index (χ4n) is 5.23. The van der Waals surface area contributed by atoms with Gasteiger partial charge in [-0.3, -0.25) is 14.4 Å². The second-order valence-corrected chi connectivity index (χ2v) is 8.18. The smallest absolute Gasteiger partial charge is 0.310 e. The molecule has 0 aromatic heterocycles. The third-order valence-corrected chi connectivity index (χ3v) is 6.51. The molecule has 0 spiro atoms. The first kappa shape index (κ1) is 18.7. The molecule has 1 aliphatic heterocycles. The maximum absolute atomic E-state index is 12.9. The average molecular weight is 406 g/mol. The molecule has 7 nitrogen and oxygen atoms in total. The van der Waals surface area contributed by atoms with E-state index >= 15 is 0 Å². The van der Waals surface area contributed by atoms with Gasteiger partial charge in [0.05, 0.1) is 18.9 Å². The number of ether oxygens (including phenoxy) is 2. The van der Waals surface area contributed by atoms with E-state index in [0.29, 0.717) is 22.7 Å². The first-order chi connectivity index (χ1) is 14.5. The van der Waals surface area contributed by atoms with Crippen molar-refractivity contribution in [1.29, 1.82) is 0 Å².